The molecule has 3 rings (SSSR count). The number of ether oxygens (including phenoxy) is 1. The highest BCUT2D eigenvalue weighted by atomic mass is 32.2. The second-order valence-electron chi connectivity index (χ2n) is 6.08. The van der Waals surface area contributed by atoms with E-state index in [2.05, 4.69) is 6.92 Å². The summed E-state index contributed by atoms with van der Waals surface area (Å²) in [5.74, 6) is -0.721. The molecule has 2 aromatic carbocycles. The zero-order chi connectivity index (χ0) is 18.4. The second kappa shape index (κ2) is 8.72. The van der Waals surface area contributed by atoms with Crippen LogP contribution in [0, 0.1) is 0 Å². The van der Waals surface area contributed by atoms with E-state index in [1.807, 2.05) is 54.6 Å². The summed E-state index contributed by atoms with van der Waals surface area (Å²) in [6, 6.07) is 17.3. The minimum atomic E-state index is -0.520. The van der Waals surface area contributed by atoms with E-state index in [1.54, 1.807) is 22.7 Å². The van der Waals surface area contributed by atoms with Gasteiger partial charge >= 0.3 is 5.97 Å². The van der Waals surface area contributed by atoms with Crippen LogP contribution in [0.5, 0.6) is 0 Å². The zero-order valence-corrected chi connectivity index (χ0v) is 15.4. The van der Waals surface area contributed by atoms with Gasteiger partial charge in [-0.2, -0.15) is 0 Å². The van der Waals surface area contributed by atoms with Gasteiger partial charge in [-0.15, -0.1) is 11.8 Å². The molecule has 1 heterocycles. The van der Waals surface area contributed by atoms with Crippen LogP contribution in [0.2, 0.25) is 0 Å². The first-order valence-corrected chi connectivity index (χ1v) is 9.47. The van der Waals surface area contributed by atoms with Crippen LogP contribution in [0.1, 0.15) is 18.9 Å². The van der Waals surface area contributed by atoms with Gasteiger partial charge < -0.3 is 9.64 Å². The molecule has 5 heteroatoms. The van der Waals surface area contributed by atoms with Gasteiger partial charge in [0.05, 0.1) is 5.69 Å². The second-order valence-corrected chi connectivity index (χ2v) is 7.56. The smallest absolute Gasteiger partial charge is 0.331 e. The van der Waals surface area contributed by atoms with Crippen LogP contribution in [0.25, 0.3) is 6.08 Å². The van der Waals surface area contributed by atoms with Gasteiger partial charge in [0.15, 0.2) is 6.61 Å². The van der Waals surface area contributed by atoms with Crippen LogP contribution in [0.3, 0.4) is 0 Å². The van der Waals surface area contributed by atoms with Crippen molar-refractivity contribution in [3.8, 4) is 0 Å². The third kappa shape index (κ3) is 4.76. The summed E-state index contributed by atoms with van der Waals surface area (Å²) < 4.78 is 5.14. The minimum absolute atomic E-state index is 0.200. The molecule has 0 radical (unpaired) electrons. The standard InChI is InChI=1S/C21H21NO3S/c1-16-13-14-22(18-9-5-6-10-19(18)26-16)20(23)15-25-21(24)12-11-17-7-3-2-4-8-17/h2-12,16H,13-15H2,1H3/b12-11+/t16-/m1/s1. The van der Waals surface area contributed by atoms with Crippen molar-refractivity contribution in [2.75, 3.05) is 18.1 Å². The summed E-state index contributed by atoms with van der Waals surface area (Å²) in [5.41, 5.74) is 1.80. The first kappa shape index (κ1) is 18.3. The lowest BCUT2D eigenvalue weighted by Gasteiger charge is -2.22. The van der Waals surface area contributed by atoms with E-state index in [1.165, 1.54) is 6.08 Å². The molecule has 0 fully saturated rings. The predicted molar refractivity (Wildman–Crippen MR) is 105 cm³/mol. The highest BCUT2D eigenvalue weighted by Gasteiger charge is 2.24. The topological polar surface area (TPSA) is 46.6 Å². The van der Waals surface area contributed by atoms with Gasteiger partial charge in [0.1, 0.15) is 0 Å². The van der Waals surface area contributed by atoms with Crippen LogP contribution in [0.15, 0.2) is 65.6 Å². The van der Waals surface area contributed by atoms with E-state index >= 15 is 0 Å². The molecule has 1 aliphatic heterocycles. The van der Waals surface area contributed by atoms with Gasteiger partial charge in [0.25, 0.3) is 5.91 Å². The van der Waals surface area contributed by atoms with Crippen molar-refractivity contribution >= 4 is 35.4 Å². The average molecular weight is 367 g/mol. The highest BCUT2D eigenvalue weighted by Crippen LogP contribution is 2.37. The molecular weight excluding hydrogens is 346 g/mol. The molecule has 0 unspecified atom stereocenters. The Morgan fingerprint density at radius 1 is 1.15 bits per heavy atom. The summed E-state index contributed by atoms with van der Waals surface area (Å²) in [5, 5.41) is 0.435. The molecule has 1 amide bonds. The Morgan fingerprint density at radius 3 is 2.69 bits per heavy atom. The van der Waals surface area contributed by atoms with Gasteiger partial charge in [0, 0.05) is 22.8 Å². The number of benzene rings is 2. The Bertz CT molecular complexity index is 804. The number of amides is 1. The summed E-state index contributed by atoms with van der Waals surface area (Å²) in [7, 11) is 0. The molecule has 4 nitrogen and oxygen atoms in total. The van der Waals surface area contributed by atoms with E-state index in [-0.39, 0.29) is 12.5 Å². The number of esters is 1. The molecule has 0 saturated carbocycles. The Labute approximate surface area is 157 Å². The predicted octanol–water partition coefficient (Wildman–Crippen LogP) is 4.16. The van der Waals surface area contributed by atoms with Gasteiger partial charge in [-0.3, -0.25) is 4.79 Å². The van der Waals surface area contributed by atoms with Crippen molar-refractivity contribution in [2.45, 2.75) is 23.5 Å². The van der Waals surface area contributed by atoms with Gasteiger partial charge in [-0.25, -0.2) is 4.79 Å². The van der Waals surface area contributed by atoms with Crippen LogP contribution < -0.4 is 4.90 Å². The molecule has 0 saturated heterocycles. The molecule has 0 aliphatic carbocycles. The number of rotatable bonds is 4. The molecule has 0 spiro atoms. The average Bonchev–Trinajstić information content (AvgIpc) is 2.83. The largest absolute Gasteiger partial charge is 0.452 e. The Hall–Kier alpha value is -2.53. The molecule has 0 aromatic heterocycles. The van der Waals surface area contributed by atoms with Gasteiger partial charge in [-0.05, 0) is 30.2 Å². The summed E-state index contributed by atoms with van der Waals surface area (Å²) >= 11 is 1.77. The fourth-order valence-corrected chi connectivity index (χ4v) is 3.85. The van der Waals surface area contributed by atoms with Crippen molar-refractivity contribution in [1.82, 2.24) is 0 Å². The molecule has 1 aliphatic rings. The fraction of sp³-hybridized carbons (Fsp3) is 0.238. The van der Waals surface area contributed by atoms with Crippen molar-refractivity contribution in [3.05, 3.63) is 66.2 Å². The highest BCUT2D eigenvalue weighted by molar-refractivity contribution is 8.00. The maximum Gasteiger partial charge on any atom is 0.331 e. The maximum atomic E-state index is 12.6. The summed E-state index contributed by atoms with van der Waals surface area (Å²) in [6.07, 6.45) is 3.91. The normalized spacial score (nSPS) is 16.8. The van der Waals surface area contributed by atoms with Crippen LogP contribution >= 0.6 is 11.8 Å². The molecular formula is C21H21NO3S. The Balaban J connectivity index is 1.61. The molecule has 26 heavy (non-hydrogen) atoms. The number of para-hydroxylation sites is 1. The van der Waals surface area contributed by atoms with Gasteiger partial charge in [0.2, 0.25) is 0 Å². The summed E-state index contributed by atoms with van der Waals surface area (Å²) in [6.45, 7) is 2.52. The van der Waals surface area contributed by atoms with E-state index < -0.39 is 5.97 Å². The Kier molecular flexibility index (Phi) is 6.12. The van der Waals surface area contributed by atoms with Crippen molar-refractivity contribution in [1.29, 1.82) is 0 Å². The van der Waals surface area contributed by atoms with Gasteiger partial charge in [-0.1, -0.05) is 49.4 Å². The van der Waals surface area contributed by atoms with Crippen molar-refractivity contribution in [3.63, 3.8) is 0 Å². The number of hydrogen-bond acceptors (Lipinski definition) is 4. The molecule has 0 N–H and O–H groups in total. The lowest BCUT2D eigenvalue weighted by Crippen LogP contribution is -2.35. The van der Waals surface area contributed by atoms with Crippen molar-refractivity contribution < 1.29 is 14.3 Å². The number of hydrogen-bond donors (Lipinski definition) is 0. The van der Waals surface area contributed by atoms with Crippen LogP contribution in [-0.4, -0.2) is 30.3 Å². The molecule has 134 valence electrons. The third-order valence-corrected chi connectivity index (χ3v) is 5.33. The van der Waals surface area contributed by atoms with E-state index in [4.69, 9.17) is 4.74 Å². The van der Waals surface area contributed by atoms with E-state index in [0.717, 1.165) is 22.6 Å². The lowest BCUT2D eigenvalue weighted by atomic mass is 10.2. The first-order valence-electron chi connectivity index (χ1n) is 8.59. The van der Waals surface area contributed by atoms with E-state index in [0.29, 0.717) is 11.8 Å². The zero-order valence-electron chi connectivity index (χ0n) is 14.6. The third-order valence-electron chi connectivity index (χ3n) is 4.09. The molecule has 0 bridgehead atoms. The number of anilines is 1. The maximum absolute atomic E-state index is 12.6. The lowest BCUT2D eigenvalue weighted by molar-refractivity contribution is -0.142. The SMILES string of the molecule is C[C@@H]1CCN(C(=O)COC(=O)/C=C/c2ccccc2)c2ccccc2S1. The van der Waals surface area contributed by atoms with Crippen LogP contribution in [0.4, 0.5) is 5.69 Å². The summed E-state index contributed by atoms with van der Waals surface area (Å²) in [4.78, 5) is 27.3. The number of nitrogens with zero attached hydrogens (tertiary/aromatic N) is 1. The molecule has 1 atom stereocenters. The quantitative estimate of drug-likeness (QED) is 0.601. The van der Waals surface area contributed by atoms with Crippen LogP contribution in [-0.2, 0) is 14.3 Å². The number of fused-ring (bicyclic) bond motifs is 1. The number of carbonyl (C=O) groups excluding carboxylic acids is 2. The fourth-order valence-electron chi connectivity index (χ4n) is 2.73. The molecule has 2 aromatic rings. The first-order chi connectivity index (χ1) is 12.6. The number of thioether (sulfide) groups is 1. The van der Waals surface area contributed by atoms with E-state index in [9.17, 15) is 9.59 Å². The number of carbonyl (C=O) groups is 2. The van der Waals surface area contributed by atoms with Crippen molar-refractivity contribution in [2.24, 2.45) is 0 Å². The minimum Gasteiger partial charge on any atom is -0.452 e. The monoisotopic (exact) mass is 367 g/mol. The Morgan fingerprint density at radius 2 is 1.88 bits per heavy atom.